The normalized spacial score (nSPS) is 13.4. The highest BCUT2D eigenvalue weighted by atomic mass is 15.3. The summed E-state index contributed by atoms with van der Waals surface area (Å²) in [5.41, 5.74) is 6.72. The monoisotopic (exact) mass is 153 g/mol. The van der Waals surface area contributed by atoms with Gasteiger partial charge in [-0.3, -0.25) is 4.68 Å². The molecule has 0 spiro atoms. The molecule has 0 aliphatic heterocycles. The van der Waals surface area contributed by atoms with Crippen LogP contribution in [0.2, 0.25) is 0 Å². The Bertz CT molecular complexity index is 220. The minimum absolute atomic E-state index is 0.512. The van der Waals surface area contributed by atoms with E-state index >= 15 is 0 Å². The van der Waals surface area contributed by atoms with Gasteiger partial charge in [-0.1, -0.05) is 13.8 Å². The Hall–Kier alpha value is -0.990. The van der Waals surface area contributed by atoms with Crippen molar-refractivity contribution in [3.63, 3.8) is 0 Å². The summed E-state index contributed by atoms with van der Waals surface area (Å²) in [5.74, 6) is 1.25. The molecule has 3 heteroatoms. The van der Waals surface area contributed by atoms with Crippen LogP contribution in [0.5, 0.6) is 0 Å². The lowest BCUT2D eigenvalue weighted by atomic mass is 10.1. The second kappa shape index (κ2) is 2.95. The van der Waals surface area contributed by atoms with Gasteiger partial charge in [0, 0.05) is 19.0 Å². The number of anilines is 1. The van der Waals surface area contributed by atoms with E-state index in [2.05, 4.69) is 18.9 Å². The van der Waals surface area contributed by atoms with Gasteiger partial charge in [0.2, 0.25) is 0 Å². The first-order chi connectivity index (χ1) is 5.15. The van der Waals surface area contributed by atoms with Gasteiger partial charge in [-0.25, -0.2) is 0 Å². The molecule has 62 valence electrons. The SMILES string of the molecule is CC[C@H](C)c1cc(N)n(C)n1. The third kappa shape index (κ3) is 1.53. The van der Waals surface area contributed by atoms with Crippen molar-refractivity contribution in [2.45, 2.75) is 26.2 Å². The van der Waals surface area contributed by atoms with Gasteiger partial charge in [0.25, 0.3) is 0 Å². The van der Waals surface area contributed by atoms with Crippen molar-refractivity contribution in [1.29, 1.82) is 0 Å². The minimum Gasteiger partial charge on any atom is -0.384 e. The van der Waals surface area contributed by atoms with Crippen molar-refractivity contribution in [1.82, 2.24) is 9.78 Å². The molecule has 0 aliphatic carbocycles. The van der Waals surface area contributed by atoms with Crippen LogP contribution in [-0.4, -0.2) is 9.78 Å². The second-order valence-electron chi connectivity index (χ2n) is 2.93. The average molecular weight is 153 g/mol. The highest BCUT2D eigenvalue weighted by Gasteiger charge is 2.07. The zero-order valence-electron chi connectivity index (χ0n) is 7.33. The molecule has 0 unspecified atom stereocenters. The fourth-order valence-electron chi connectivity index (χ4n) is 0.955. The molecule has 1 heterocycles. The number of hydrogen-bond donors (Lipinski definition) is 1. The molecule has 1 aromatic rings. The summed E-state index contributed by atoms with van der Waals surface area (Å²) < 4.78 is 1.71. The summed E-state index contributed by atoms with van der Waals surface area (Å²) in [7, 11) is 1.86. The quantitative estimate of drug-likeness (QED) is 0.700. The van der Waals surface area contributed by atoms with Crippen LogP contribution in [0.4, 0.5) is 5.82 Å². The number of aromatic nitrogens is 2. The van der Waals surface area contributed by atoms with E-state index in [9.17, 15) is 0 Å². The molecule has 0 bridgehead atoms. The summed E-state index contributed by atoms with van der Waals surface area (Å²) in [6.07, 6.45) is 1.11. The van der Waals surface area contributed by atoms with Crippen molar-refractivity contribution in [2.75, 3.05) is 5.73 Å². The van der Waals surface area contributed by atoms with Crippen LogP contribution in [0.1, 0.15) is 31.9 Å². The predicted molar refractivity (Wildman–Crippen MR) is 46.3 cm³/mol. The Labute approximate surface area is 67.2 Å². The maximum atomic E-state index is 5.63. The lowest BCUT2D eigenvalue weighted by molar-refractivity contribution is 0.668. The number of aryl methyl sites for hydroxylation is 1. The van der Waals surface area contributed by atoms with Gasteiger partial charge in [-0.2, -0.15) is 5.10 Å². The third-order valence-electron chi connectivity index (χ3n) is 2.05. The molecule has 0 aliphatic rings. The first-order valence-corrected chi connectivity index (χ1v) is 3.94. The van der Waals surface area contributed by atoms with Crippen molar-refractivity contribution >= 4 is 5.82 Å². The zero-order chi connectivity index (χ0) is 8.43. The first-order valence-electron chi connectivity index (χ1n) is 3.94. The van der Waals surface area contributed by atoms with Crippen LogP contribution in [0.3, 0.4) is 0 Å². The Morgan fingerprint density at radius 3 is 2.73 bits per heavy atom. The molecule has 0 saturated heterocycles. The molecule has 11 heavy (non-hydrogen) atoms. The summed E-state index contributed by atoms with van der Waals surface area (Å²) in [6, 6.07) is 1.94. The van der Waals surface area contributed by atoms with Gasteiger partial charge < -0.3 is 5.73 Å². The van der Waals surface area contributed by atoms with Gasteiger partial charge in [0.1, 0.15) is 5.82 Å². The second-order valence-corrected chi connectivity index (χ2v) is 2.93. The number of nitrogens with two attached hydrogens (primary N) is 1. The predicted octanol–water partition coefficient (Wildman–Crippen LogP) is 1.52. The average Bonchev–Trinajstić information content (AvgIpc) is 2.31. The van der Waals surface area contributed by atoms with E-state index < -0.39 is 0 Å². The molecule has 0 amide bonds. The van der Waals surface area contributed by atoms with Crippen LogP contribution >= 0.6 is 0 Å². The van der Waals surface area contributed by atoms with E-state index in [1.54, 1.807) is 4.68 Å². The Balaban J connectivity index is 2.88. The summed E-state index contributed by atoms with van der Waals surface area (Å²) in [5, 5.41) is 4.27. The Morgan fingerprint density at radius 2 is 2.36 bits per heavy atom. The summed E-state index contributed by atoms with van der Waals surface area (Å²) in [6.45, 7) is 4.30. The van der Waals surface area contributed by atoms with E-state index in [4.69, 9.17) is 5.73 Å². The van der Waals surface area contributed by atoms with Gasteiger partial charge in [-0.15, -0.1) is 0 Å². The molecule has 0 aromatic carbocycles. The molecule has 0 saturated carbocycles. The lowest BCUT2D eigenvalue weighted by Crippen LogP contribution is -1.98. The smallest absolute Gasteiger partial charge is 0.121 e. The number of nitrogen functional groups attached to an aromatic ring is 1. The van der Waals surface area contributed by atoms with E-state index in [0.717, 1.165) is 17.9 Å². The van der Waals surface area contributed by atoms with Crippen LogP contribution in [0, 0.1) is 0 Å². The first kappa shape index (κ1) is 8.11. The maximum Gasteiger partial charge on any atom is 0.121 e. The third-order valence-corrected chi connectivity index (χ3v) is 2.05. The highest BCUT2D eigenvalue weighted by molar-refractivity contribution is 5.31. The van der Waals surface area contributed by atoms with Gasteiger partial charge >= 0.3 is 0 Å². The van der Waals surface area contributed by atoms with Crippen LogP contribution in [0.25, 0.3) is 0 Å². The Morgan fingerprint density at radius 1 is 1.73 bits per heavy atom. The van der Waals surface area contributed by atoms with Gasteiger partial charge in [0.05, 0.1) is 5.69 Å². The van der Waals surface area contributed by atoms with E-state index in [1.165, 1.54) is 0 Å². The standard InChI is InChI=1S/C8H15N3/c1-4-6(2)7-5-8(9)11(3)10-7/h5-6H,4,9H2,1-3H3/t6-/m0/s1. The van der Waals surface area contributed by atoms with Crippen molar-refractivity contribution in [3.05, 3.63) is 11.8 Å². The molecule has 1 aromatic heterocycles. The van der Waals surface area contributed by atoms with E-state index in [1.807, 2.05) is 13.1 Å². The largest absolute Gasteiger partial charge is 0.384 e. The molecular weight excluding hydrogens is 138 g/mol. The van der Waals surface area contributed by atoms with Crippen LogP contribution < -0.4 is 5.73 Å². The molecule has 1 rings (SSSR count). The zero-order valence-corrected chi connectivity index (χ0v) is 7.33. The van der Waals surface area contributed by atoms with E-state index in [-0.39, 0.29) is 0 Å². The molecular formula is C8H15N3. The topological polar surface area (TPSA) is 43.8 Å². The number of nitrogens with zero attached hydrogens (tertiary/aromatic N) is 2. The van der Waals surface area contributed by atoms with Crippen molar-refractivity contribution < 1.29 is 0 Å². The molecule has 0 radical (unpaired) electrons. The molecule has 0 fully saturated rings. The minimum atomic E-state index is 0.512. The Kier molecular flexibility index (Phi) is 2.17. The molecule has 2 N–H and O–H groups in total. The fraction of sp³-hybridized carbons (Fsp3) is 0.625. The summed E-state index contributed by atoms with van der Waals surface area (Å²) in [4.78, 5) is 0. The molecule has 1 atom stereocenters. The van der Waals surface area contributed by atoms with Crippen molar-refractivity contribution in [2.24, 2.45) is 7.05 Å². The van der Waals surface area contributed by atoms with Crippen LogP contribution in [-0.2, 0) is 7.05 Å². The maximum absolute atomic E-state index is 5.63. The lowest BCUT2D eigenvalue weighted by Gasteiger charge is -2.01. The molecule has 3 nitrogen and oxygen atoms in total. The highest BCUT2D eigenvalue weighted by Crippen LogP contribution is 2.18. The number of rotatable bonds is 2. The van der Waals surface area contributed by atoms with Gasteiger partial charge in [-0.05, 0) is 6.42 Å². The van der Waals surface area contributed by atoms with E-state index in [0.29, 0.717) is 5.92 Å². The van der Waals surface area contributed by atoms with Crippen molar-refractivity contribution in [3.8, 4) is 0 Å². The number of hydrogen-bond acceptors (Lipinski definition) is 2. The summed E-state index contributed by atoms with van der Waals surface area (Å²) >= 11 is 0. The van der Waals surface area contributed by atoms with Gasteiger partial charge in [0.15, 0.2) is 0 Å². The fourth-order valence-corrected chi connectivity index (χ4v) is 0.955. The van der Waals surface area contributed by atoms with Crippen LogP contribution in [0.15, 0.2) is 6.07 Å².